The molecule has 0 saturated heterocycles. The number of aromatic amines is 1. The number of hydrogen-bond acceptors (Lipinski definition) is 4. The normalized spacial score (nSPS) is 11.9. The molecule has 1 aromatic heterocycles. The molecule has 86 valence electrons. The second-order valence-electron chi connectivity index (χ2n) is 3.11. The van der Waals surface area contributed by atoms with Gasteiger partial charge >= 0.3 is 10.5 Å². The minimum Gasteiger partial charge on any atom is -0.357 e. The van der Waals surface area contributed by atoms with Gasteiger partial charge in [0.25, 0.3) is 0 Å². The van der Waals surface area contributed by atoms with Crippen LogP contribution in [0.3, 0.4) is 0 Å². The molecule has 0 aliphatic rings. The number of hydrogen-bond donors (Lipinski definition) is 1. The van der Waals surface area contributed by atoms with E-state index in [1.807, 2.05) is 0 Å². The third kappa shape index (κ3) is 2.17. The van der Waals surface area contributed by atoms with Crippen molar-refractivity contribution < 1.29 is 16.5 Å². The molecule has 1 N–H and O–H groups in total. The summed E-state index contributed by atoms with van der Waals surface area (Å²) in [7, 11) is -5.03. The lowest BCUT2D eigenvalue weighted by molar-refractivity contribution is 0.439. The highest BCUT2D eigenvalue weighted by Gasteiger charge is 2.14. The van der Waals surface area contributed by atoms with Crippen LogP contribution in [0.4, 0.5) is 3.89 Å². The fourth-order valence-corrected chi connectivity index (χ4v) is 2.20. The standard InChI is InChI=1S/C8H6BrFN2O3S/c1-4-5-2-6(9)8(15-16(10,13)14)3-7(5)12-11-4/h2-3H,1H3,(H,11,12). The highest BCUT2D eigenvalue weighted by molar-refractivity contribution is 9.10. The summed E-state index contributed by atoms with van der Waals surface area (Å²) in [6.07, 6.45) is 0. The van der Waals surface area contributed by atoms with Gasteiger partial charge in [-0.2, -0.15) is 13.5 Å². The van der Waals surface area contributed by atoms with Crippen molar-refractivity contribution in [2.45, 2.75) is 6.92 Å². The maximum Gasteiger partial charge on any atom is 0.488 e. The maximum absolute atomic E-state index is 12.4. The van der Waals surface area contributed by atoms with E-state index < -0.39 is 10.5 Å². The maximum atomic E-state index is 12.4. The van der Waals surface area contributed by atoms with Gasteiger partial charge in [-0.05, 0) is 28.9 Å². The zero-order valence-corrected chi connectivity index (χ0v) is 10.4. The molecule has 0 atom stereocenters. The molecule has 5 nitrogen and oxygen atoms in total. The molecule has 0 radical (unpaired) electrons. The molecule has 0 saturated carbocycles. The van der Waals surface area contributed by atoms with Gasteiger partial charge in [-0.3, -0.25) is 5.10 Å². The van der Waals surface area contributed by atoms with E-state index in [-0.39, 0.29) is 5.75 Å². The minimum absolute atomic E-state index is 0.126. The first-order valence-corrected chi connectivity index (χ1v) is 6.25. The fourth-order valence-electron chi connectivity index (χ4n) is 1.32. The molecule has 0 unspecified atom stereocenters. The van der Waals surface area contributed by atoms with E-state index in [9.17, 15) is 12.3 Å². The second kappa shape index (κ2) is 3.70. The third-order valence-electron chi connectivity index (χ3n) is 2.00. The summed E-state index contributed by atoms with van der Waals surface area (Å²) in [4.78, 5) is 0. The van der Waals surface area contributed by atoms with Crippen LogP contribution in [0.2, 0.25) is 0 Å². The van der Waals surface area contributed by atoms with Crippen molar-refractivity contribution in [1.29, 1.82) is 0 Å². The third-order valence-corrected chi connectivity index (χ3v) is 2.99. The molecule has 2 aromatic rings. The first kappa shape index (κ1) is 11.3. The molecule has 1 heterocycles. The van der Waals surface area contributed by atoms with Gasteiger partial charge in [-0.15, -0.1) is 0 Å². The average Bonchev–Trinajstić information content (AvgIpc) is 2.47. The highest BCUT2D eigenvalue weighted by atomic mass is 79.9. The van der Waals surface area contributed by atoms with Gasteiger partial charge < -0.3 is 4.18 Å². The van der Waals surface area contributed by atoms with Crippen molar-refractivity contribution in [2.75, 3.05) is 0 Å². The molecule has 8 heteroatoms. The Labute approximate surface area is 99.2 Å². The van der Waals surface area contributed by atoms with Crippen molar-refractivity contribution >= 4 is 37.3 Å². The Balaban J connectivity index is 2.59. The Morgan fingerprint density at radius 3 is 2.81 bits per heavy atom. The lowest BCUT2D eigenvalue weighted by atomic mass is 10.2. The van der Waals surface area contributed by atoms with Crippen LogP contribution < -0.4 is 4.18 Å². The van der Waals surface area contributed by atoms with Crippen LogP contribution in [0.5, 0.6) is 5.75 Å². The topological polar surface area (TPSA) is 72.0 Å². The van der Waals surface area contributed by atoms with E-state index in [4.69, 9.17) is 0 Å². The molecular formula is C8H6BrFN2O3S. The number of rotatable bonds is 2. The minimum atomic E-state index is -5.03. The molecule has 1 aromatic carbocycles. The SMILES string of the molecule is Cc1n[nH]c2cc(OS(=O)(=O)F)c(Br)cc12. The summed E-state index contributed by atoms with van der Waals surface area (Å²) in [5, 5.41) is 7.40. The number of H-pyrrole nitrogens is 1. The van der Waals surface area contributed by atoms with E-state index in [1.54, 1.807) is 13.0 Å². The smallest absolute Gasteiger partial charge is 0.357 e. The molecule has 16 heavy (non-hydrogen) atoms. The quantitative estimate of drug-likeness (QED) is 0.864. The van der Waals surface area contributed by atoms with Gasteiger partial charge in [-0.1, -0.05) is 3.89 Å². The Hall–Kier alpha value is -1.15. The monoisotopic (exact) mass is 308 g/mol. The molecular weight excluding hydrogens is 303 g/mol. The van der Waals surface area contributed by atoms with E-state index in [1.165, 1.54) is 6.07 Å². The Kier molecular flexibility index (Phi) is 2.62. The number of aryl methyl sites for hydroxylation is 1. The van der Waals surface area contributed by atoms with Crippen LogP contribution in [0.1, 0.15) is 5.69 Å². The number of benzene rings is 1. The van der Waals surface area contributed by atoms with Crippen molar-refractivity contribution in [1.82, 2.24) is 10.2 Å². The van der Waals surface area contributed by atoms with Crippen LogP contribution in [-0.2, 0) is 10.5 Å². The predicted molar refractivity (Wildman–Crippen MR) is 59.2 cm³/mol. The molecule has 0 bridgehead atoms. The Morgan fingerprint density at radius 2 is 2.19 bits per heavy atom. The van der Waals surface area contributed by atoms with Gasteiger partial charge in [0.05, 0.1) is 15.7 Å². The van der Waals surface area contributed by atoms with Gasteiger partial charge in [0.2, 0.25) is 0 Å². The van der Waals surface area contributed by atoms with Gasteiger partial charge in [0.1, 0.15) is 0 Å². The zero-order valence-electron chi connectivity index (χ0n) is 7.99. The van der Waals surface area contributed by atoms with E-state index in [0.29, 0.717) is 9.99 Å². The van der Waals surface area contributed by atoms with Gasteiger partial charge in [0, 0.05) is 11.5 Å². The molecule has 0 amide bonds. The van der Waals surface area contributed by atoms with Crippen LogP contribution in [0.15, 0.2) is 16.6 Å². The molecule has 0 fully saturated rings. The molecule has 0 aliphatic carbocycles. The summed E-state index contributed by atoms with van der Waals surface area (Å²) < 4.78 is 37.6. The summed E-state index contributed by atoms with van der Waals surface area (Å²) in [5.41, 5.74) is 1.32. The first-order valence-electron chi connectivity index (χ1n) is 4.15. The molecule has 0 spiro atoms. The largest absolute Gasteiger partial charge is 0.488 e. The summed E-state index contributed by atoms with van der Waals surface area (Å²) in [6, 6.07) is 2.96. The lowest BCUT2D eigenvalue weighted by Gasteiger charge is -2.02. The van der Waals surface area contributed by atoms with Gasteiger partial charge in [-0.25, -0.2) is 0 Å². The van der Waals surface area contributed by atoms with E-state index in [2.05, 4.69) is 30.3 Å². The van der Waals surface area contributed by atoms with Crippen LogP contribution in [0, 0.1) is 6.92 Å². The predicted octanol–water partition coefficient (Wildman–Crippen LogP) is 2.23. The fraction of sp³-hybridized carbons (Fsp3) is 0.125. The van der Waals surface area contributed by atoms with Crippen LogP contribution in [-0.4, -0.2) is 18.6 Å². The number of halogens is 2. The summed E-state index contributed by atoms with van der Waals surface area (Å²) >= 11 is 3.09. The Morgan fingerprint density at radius 1 is 1.50 bits per heavy atom. The van der Waals surface area contributed by atoms with Crippen molar-refractivity contribution in [3.63, 3.8) is 0 Å². The van der Waals surface area contributed by atoms with Crippen LogP contribution >= 0.6 is 15.9 Å². The van der Waals surface area contributed by atoms with E-state index in [0.717, 1.165) is 11.1 Å². The van der Waals surface area contributed by atoms with Crippen molar-refractivity contribution in [3.8, 4) is 5.75 Å². The zero-order chi connectivity index (χ0) is 11.9. The van der Waals surface area contributed by atoms with Crippen molar-refractivity contribution in [2.24, 2.45) is 0 Å². The number of aromatic nitrogens is 2. The average molecular weight is 309 g/mol. The Bertz CT molecular complexity index is 653. The summed E-state index contributed by atoms with van der Waals surface area (Å²) in [6.45, 7) is 1.79. The van der Waals surface area contributed by atoms with Crippen molar-refractivity contribution in [3.05, 3.63) is 22.3 Å². The number of nitrogens with zero attached hydrogens (tertiary/aromatic N) is 1. The first-order chi connectivity index (χ1) is 7.37. The van der Waals surface area contributed by atoms with Gasteiger partial charge in [0.15, 0.2) is 5.75 Å². The molecule has 0 aliphatic heterocycles. The summed E-state index contributed by atoms with van der Waals surface area (Å²) in [5.74, 6) is -0.126. The number of fused-ring (bicyclic) bond motifs is 1. The van der Waals surface area contributed by atoms with E-state index >= 15 is 0 Å². The van der Waals surface area contributed by atoms with Crippen LogP contribution in [0.25, 0.3) is 10.9 Å². The second-order valence-corrected chi connectivity index (χ2v) is 4.92. The highest BCUT2D eigenvalue weighted by Crippen LogP contribution is 2.31. The molecule has 2 rings (SSSR count). The number of nitrogens with one attached hydrogen (secondary N) is 1. The lowest BCUT2D eigenvalue weighted by Crippen LogP contribution is -2.01.